The molecule has 78 valence electrons. The molecule has 0 spiro atoms. The van der Waals surface area contributed by atoms with E-state index >= 15 is 0 Å². The smallest absolute Gasteiger partial charge is 0.302 e. The van der Waals surface area contributed by atoms with Gasteiger partial charge in [0.25, 0.3) is 0 Å². The third-order valence-corrected chi connectivity index (χ3v) is 3.25. The lowest BCUT2D eigenvalue weighted by atomic mass is 10.0. The van der Waals surface area contributed by atoms with Crippen molar-refractivity contribution in [1.82, 2.24) is 4.90 Å². The molecule has 2 rings (SSSR count). The summed E-state index contributed by atoms with van der Waals surface area (Å²) in [5.41, 5.74) is 0. The molecule has 0 radical (unpaired) electrons. The number of carbonyl (C=O) groups excluding carboxylic acids is 2. The molecular formula is C10H15NO3. The summed E-state index contributed by atoms with van der Waals surface area (Å²) >= 11 is 0. The van der Waals surface area contributed by atoms with Gasteiger partial charge in [0.2, 0.25) is 0 Å². The van der Waals surface area contributed by atoms with E-state index in [9.17, 15) is 9.59 Å². The van der Waals surface area contributed by atoms with Crippen molar-refractivity contribution in [3.63, 3.8) is 0 Å². The van der Waals surface area contributed by atoms with Crippen LogP contribution in [0.2, 0.25) is 0 Å². The van der Waals surface area contributed by atoms with Gasteiger partial charge in [-0.3, -0.25) is 14.5 Å². The monoisotopic (exact) mass is 197 g/mol. The van der Waals surface area contributed by atoms with E-state index in [0.29, 0.717) is 18.6 Å². The van der Waals surface area contributed by atoms with Crippen LogP contribution in [0.4, 0.5) is 0 Å². The van der Waals surface area contributed by atoms with Gasteiger partial charge in [-0.2, -0.15) is 0 Å². The molecule has 0 amide bonds. The summed E-state index contributed by atoms with van der Waals surface area (Å²) in [7, 11) is 2.01. The molecule has 0 aromatic carbocycles. The van der Waals surface area contributed by atoms with Crippen LogP contribution in [0.3, 0.4) is 0 Å². The van der Waals surface area contributed by atoms with E-state index in [-0.39, 0.29) is 24.2 Å². The van der Waals surface area contributed by atoms with Gasteiger partial charge < -0.3 is 4.74 Å². The fourth-order valence-electron chi connectivity index (χ4n) is 2.55. The van der Waals surface area contributed by atoms with Crippen LogP contribution in [0.15, 0.2) is 0 Å². The Morgan fingerprint density at radius 1 is 1.50 bits per heavy atom. The van der Waals surface area contributed by atoms with Gasteiger partial charge in [0.1, 0.15) is 11.9 Å². The van der Waals surface area contributed by atoms with Crippen molar-refractivity contribution in [3.05, 3.63) is 0 Å². The number of ketones is 1. The highest BCUT2D eigenvalue weighted by molar-refractivity contribution is 5.81. The summed E-state index contributed by atoms with van der Waals surface area (Å²) in [4.78, 5) is 24.4. The Hall–Kier alpha value is -0.900. The highest BCUT2D eigenvalue weighted by atomic mass is 16.5. The highest BCUT2D eigenvalue weighted by Gasteiger charge is 2.45. The standard InChI is InChI=1S/C10H15NO3/c1-6(12)14-10-4-7-3-8(13)5-9(10)11(7)2/h7,9-10H,3-5H2,1-2H3/t7?,9?,10-/m0/s1. The number of likely N-dealkylation sites (N-methyl/N-ethyl adjacent to an activating group) is 1. The summed E-state index contributed by atoms with van der Waals surface area (Å²) < 4.78 is 5.21. The third kappa shape index (κ3) is 1.54. The summed E-state index contributed by atoms with van der Waals surface area (Å²) in [6, 6.07) is 0.399. The van der Waals surface area contributed by atoms with E-state index in [1.807, 2.05) is 7.05 Å². The molecule has 4 nitrogen and oxygen atoms in total. The molecule has 2 saturated heterocycles. The second-order valence-electron chi connectivity index (χ2n) is 4.22. The number of piperidine rings is 1. The Kier molecular flexibility index (Phi) is 2.31. The Labute approximate surface area is 83.2 Å². The SMILES string of the molecule is CC(=O)O[C@H]1CC2CC(=O)CC1N2C. The van der Waals surface area contributed by atoms with Crippen LogP contribution in [0.25, 0.3) is 0 Å². The first kappa shape index (κ1) is 9.65. The normalized spacial score (nSPS) is 37.3. The molecule has 14 heavy (non-hydrogen) atoms. The lowest BCUT2D eigenvalue weighted by Crippen LogP contribution is -2.43. The largest absolute Gasteiger partial charge is 0.461 e. The number of hydrogen-bond donors (Lipinski definition) is 0. The van der Waals surface area contributed by atoms with Crippen molar-refractivity contribution < 1.29 is 14.3 Å². The molecule has 2 fully saturated rings. The van der Waals surface area contributed by atoms with E-state index < -0.39 is 0 Å². The van der Waals surface area contributed by atoms with Gasteiger partial charge in [-0.1, -0.05) is 0 Å². The summed E-state index contributed by atoms with van der Waals surface area (Å²) in [5.74, 6) is 0.0520. The number of carbonyl (C=O) groups is 2. The van der Waals surface area contributed by atoms with Crippen LogP contribution in [0.5, 0.6) is 0 Å². The average molecular weight is 197 g/mol. The minimum atomic E-state index is -0.247. The second kappa shape index (κ2) is 3.35. The van der Waals surface area contributed by atoms with Crippen molar-refractivity contribution >= 4 is 11.8 Å². The molecule has 3 atom stereocenters. The maximum atomic E-state index is 11.3. The van der Waals surface area contributed by atoms with Crippen molar-refractivity contribution in [1.29, 1.82) is 0 Å². The molecule has 2 bridgehead atoms. The minimum absolute atomic E-state index is 0.0750. The van der Waals surface area contributed by atoms with Crippen LogP contribution in [0, 0.1) is 0 Å². The topological polar surface area (TPSA) is 46.6 Å². The third-order valence-electron chi connectivity index (χ3n) is 3.25. The maximum absolute atomic E-state index is 11.3. The zero-order valence-corrected chi connectivity index (χ0v) is 8.53. The van der Waals surface area contributed by atoms with Crippen LogP contribution in [-0.4, -0.2) is 41.9 Å². The Morgan fingerprint density at radius 2 is 2.21 bits per heavy atom. The molecule has 0 aromatic heterocycles. The Balaban J connectivity index is 2.09. The van der Waals surface area contributed by atoms with Gasteiger partial charge in [-0.05, 0) is 7.05 Å². The molecule has 2 aliphatic heterocycles. The number of Topliss-reactive ketones (excluding diaryl/α,β-unsaturated/α-hetero) is 1. The molecule has 0 N–H and O–H groups in total. The first-order valence-corrected chi connectivity index (χ1v) is 4.99. The summed E-state index contributed by atoms with van der Waals surface area (Å²) in [6.45, 7) is 1.42. The van der Waals surface area contributed by atoms with Gasteiger partial charge in [-0.25, -0.2) is 0 Å². The fourth-order valence-corrected chi connectivity index (χ4v) is 2.55. The van der Waals surface area contributed by atoms with E-state index in [0.717, 1.165) is 6.42 Å². The first-order chi connectivity index (χ1) is 6.58. The lowest BCUT2D eigenvalue weighted by molar-refractivity contribution is -0.148. The number of nitrogens with zero attached hydrogens (tertiary/aromatic N) is 1. The summed E-state index contributed by atoms with van der Waals surface area (Å²) in [6.07, 6.45) is 1.89. The molecule has 2 heterocycles. The molecule has 0 aliphatic carbocycles. The molecule has 0 aromatic rings. The van der Waals surface area contributed by atoms with E-state index in [4.69, 9.17) is 4.74 Å². The van der Waals surface area contributed by atoms with Crippen molar-refractivity contribution in [2.45, 2.75) is 44.4 Å². The summed E-state index contributed by atoms with van der Waals surface area (Å²) in [5, 5.41) is 0. The molecule has 4 heteroatoms. The van der Waals surface area contributed by atoms with Gasteiger partial charge in [0, 0.05) is 32.2 Å². The van der Waals surface area contributed by atoms with Crippen LogP contribution >= 0.6 is 0 Å². The van der Waals surface area contributed by atoms with Crippen LogP contribution in [-0.2, 0) is 14.3 Å². The number of ether oxygens (including phenoxy) is 1. The molecule has 2 aliphatic rings. The maximum Gasteiger partial charge on any atom is 0.302 e. The van der Waals surface area contributed by atoms with Gasteiger partial charge >= 0.3 is 5.97 Å². The van der Waals surface area contributed by atoms with Crippen molar-refractivity contribution in [2.75, 3.05) is 7.05 Å². The Morgan fingerprint density at radius 3 is 2.86 bits per heavy atom. The molecule has 2 unspecified atom stereocenters. The first-order valence-electron chi connectivity index (χ1n) is 4.99. The van der Waals surface area contributed by atoms with Crippen LogP contribution < -0.4 is 0 Å². The van der Waals surface area contributed by atoms with E-state index in [2.05, 4.69) is 4.90 Å². The van der Waals surface area contributed by atoms with Gasteiger partial charge in [0.05, 0.1) is 6.04 Å². The fraction of sp³-hybridized carbons (Fsp3) is 0.800. The predicted octanol–water partition coefficient (Wildman–Crippen LogP) is 0.354. The van der Waals surface area contributed by atoms with Crippen molar-refractivity contribution in [3.8, 4) is 0 Å². The number of esters is 1. The molecular weight excluding hydrogens is 182 g/mol. The van der Waals surface area contributed by atoms with E-state index in [1.165, 1.54) is 6.92 Å². The average Bonchev–Trinajstić information content (AvgIpc) is 2.30. The highest BCUT2D eigenvalue weighted by Crippen LogP contribution is 2.34. The second-order valence-corrected chi connectivity index (χ2v) is 4.22. The van der Waals surface area contributed by atoms with E-state index in [1.54, 1.807) is 0 Å². The molecule has 0 saturated carbocycles. The van der Waals surface area contributed by atoms with Crippen molar-refractivity contribution in [2.24, 2.45) is 0 Å². The lowest BCUT2D eigenvalue weighted by Gasteiger charge is -2.30. The zero-order valence-electron chi connectivity index (χ0n) is 8.53. The zero-order chi connectivity index (χ0) is 10.3. The number of rotatable bonds is 1. The Bertz CT molecular complexity index is 277. The number of hydrogen-bond acceptors (Lipinski definition) is 4. The van der Waals surface area contributed by atoms with Gasteiger partial charge in [-0.15, -0.1) is 0 Å². The minimum Gasteiger partial charge on any atom is -0.461 e. The van der Waals surface area contributed by atoms with Crippen LogP contribution in [0.1, 0.15) is 26.2 Å². The number of fused-ring (bicyclic) bond motifs is 2. The quantitative estimate of drug-likeness (QED) is 0.569. The predicted molar refractivity (Wildman–Crippen MR) is 49.8 cm³/mol. The van der Waals surface area contributed by atoms with Gasteiger partial charge in [0.15, 0.2) is 0 Å².